The Bertz CT molecular complexity index is 547. The molecule has 2 rings (SSSR count). The van der Waals surface area contributed by atoms with Gasteiger partial charge >= 0.3 is 0 Å². The minimum Gasteiger partial charge on any atom is -0.324 e. The molecule has 5 heteroatoms. The summed E-state index contributed by atoms with van der Waals surface area (Å²) in [7, 11) is -3.72. The molecule has 80 valence electrons. The molecule has 0 aromatic heterocycles. The highest BCUT2D eigenvalue weighted by Crippen LogP contribution is 2.35. The van der Waals surface area contributed by atoms with Crippen molar-refractivity contribution in [3.05, 3.63) is 34.5 Å². The van der Waals surface area contributed by atoms with Crippen molar-refractivity contribution in [2.24, 2.45) is 5.73 Å². The van der Waals surface area contributed by atoms with E-state index in [0.717, 1.165) is 6.07 Å². The van der Waals surface area contributed by atoms with Gasteiger partial charge in [-0.2, -0.15) is 0 Å². The normalized spacial score (nSPS) is 19.5. The van der Waals surface area contributed by atoms with Gasteiger partial charge in [0.05, 0.1) is 4.91 Å². The van der Waals surface area contributed by atoms with Crippen molar-refractivity contribution in [3.8, 4) is 0 Å². The number of halogens is 1. The van der Waals surface area contributed by atoms with Crippen LogP contribution in [0.25, 0.3) is 6.08 Å². The highest BCUT2D eigenvalue weighted by Gasteiger charge is 2.34. The zero-order valence-electron chi connectivity index (χ0n) is 8.07. The van der Waals surface area contributed by atoms with Gasteiger partial charge in [-0.05, 0) is 24.6 Å². The Hall–Kier alpha value is -1.20. The molecule has 0 amide bonds. The van der Waals surface area contributed by atoms with E-state index in [2.05, 4.69) is 0 Å². The second-order valence-corrected chi connectivity index (χ2v) is 5.38. The Balaban J connectivity index is 2.75. The van der Waals surface area contributed by atoms with Gasteiger partial charge in [0.1, 0.15) is 10.7 Å². The summed E-state index contributed by atoms with van der Waals surface area (Å²) in [6, 6.07) is 3.55. The summed E-state index contributed by atoms with van der Waals surface area (Å²) in [6.07, 6.45) is 1.43. The summed E-state index contributed by atoms with van der Waals surface area (Å²) in [5.41, 5.74) is 5.91. The molecule has 1 aliphatic rings. The maximum Gasteiger partial charge on any atom is 0.207 e. The molecule has 0 spiro atoms. The van der Waals surface area contributed by atoms with Gasteiger partial charge < -0.3 is 5.73 Å². The van der Waals surface area contributed by atoms with Crippen molar-refractivity contribution >= 4 is 15.9 Å². The van der Waals surface area contributed by atoms with Crippen molar-refractivity contribution < 1.29 is 12.8 Å². The number of rotatable bonds is 1. The van der Waals surface area contributed by atoms with E-state index >= 15 is 0 Å². The van der Waals surface area contributed by atoms with Gasteiger partial charge in [0.15, 0.2) is 0 Å². The Morgan fingerprint density at radius 3 is 2.60 bits per heavy atom. The van der Waals surface area contributed by atoms with Crippen molar-refractivity contribution in [2.45, 2.75) is 17.9 Å². The van der Waals surface area contributed by atoms with Crippen LogP contribution in [0.15, 0.2) is 28.0 Å². The van der Waals surface area contributed by atoms with E-state index in [-0.39, 0.29) is 9.80 Å². The van der Waals surface area contributed by atoms with E-state index in [1.54, 1.807) is 13.0 Å². The van der Waals surface area contributed by atoms with Gasteiger partial charge in [0, 0.05) is 6.04 Å². The third-order valence-electron chi connectivity index (χ3n) is 2.32. The lowest BCUT2D eigenvalue weighted by molar-refractivity contribution is 0.570. The average Bonchev–Trinajstić information content (AvgIpc) is 2.39. The maximum atomic E-state index is 13.4. The van der Waals surface area contributed by atoms with Gasteiger partial charge in [-0.15, -0.1) is 0 Å². The molecule has 1 aromatic carbocycles. The predicted molar refractivity (Wildman–Crippen MR) is 55.2 cm³/mol. The van der Waals surface area contributed by atoms with Crippen LogP contribution >= 0.6 is 0 Å². The second-order valence-electron chi connectivity index (χ2n) is 3.50. The molecule has 1 aromatic rings. The molecule has 2 N–H and O–H groups in total. The average molecular weight is 227 g/mol. The first kappa shape index (κ1) is 10.3. The lowest BCUT2D eigenvalue weighted by Gasteiger charge is -2.06. The van der Waals surface area contributed by atoms with E-state index < -0.39 is 21.7 Å². The smallest absolute Gasteiger partial charge is 0.207 e. The summed E-state index contributed by atoms with van der Waals surface area (Å²) < 4.78 is 37.1. The van der Waals surface area contributed by atoms with Crippen LogP contribution in [0.2, 0.25) is 0 Å². The van der Waals surface area contributed by atoms with Crippen LogP contribution in [0.5, 0.6) is 0 Å². The first-order valence-corrected chi connectivity index (χ1v) is 5.93. The van der Waals surface area contributed by atoms with Crippen molar-refractivity contribution in [2.75, 3.05) is 0 Å². The minimum absolute atomic E-state index is 0.0719. The topological polar surface area (TPSA) is 60.2 Å². The number of fused-ring (bicyclic) bond motifs is 1. The fourth-order valence-corrected chi connectivity index (χ4v) is 3.42. The van der Waals surface area contributed by atoms with Crippen molar-refractivity contribution in [1.29, 1.82) is 0 Å². The highest BCUT2D eigenvalue weighted by atomic mass is 32.2. The minimum atomic E-state index is -3.72. The summed E-state index contributed by atoms with van der Waals surface area (Å²) in [5, 5.41) is 0. The van der Waals surface area contributed by atoms with Crippen LogP contribution in [-0.2, 0) is 9.84 Å². The molecule has 0 bridgehead atoms. The van der Waals surface area contributed by atoms with E-state index in [1.807, 2.05) is 0 Å². The fourth-order valence-electron chi connectivity index (χ4n) is 1.65. The quantitative estimate of drug-likeness (QED) is 0.786. The molecule has 1 atom stereocenters. The molecule has 1 aliphatic heterocycles. The number of sulfone groups is 1. The summed E-state index contributed by atoms with van der Waals surface area (Å²) in [5.74, 6) is -0.723. The fraction of sp³-hybridized carbons (Fsp3) is 0.200. The Kier molecular flexibility index (Phi) is 2.17. The number of hydrogen-bond donors (Lipinski definition) is 1. The van der Waals surface area contributed by atoms with Crippen LogP contribution in [0, 0.1) is 5.82 Å². The van der Waals surface area contributed by atoms with Crippen LogP contribution in [-0.4, -0.2) is 14.5 Å². The third-order valence-corrected chi connectivity index (χ3v) is 4.40. The molecule has 0 radical (unpaired) electrons. The zero-order chi connectivity index (χ0) is 11.2. The van der Waals surface area contributed by atoms with Gasteiger partial charge in [-0.25, -0.2) is 12.8 Å². The number of hydrogen-bond acceptors (Lipinski definition) is 3. The van der Waals surface area contributed by atoms with Gasteiger partial charge in [0.2, 0.25) is 9.84 Å². The number of benzene rings is 1. The SMILES string of the molecule is CC(N)C1=Cc2cccc(F)c2S1(=O)=O. The third kappa shape index (κ3) is 1.39. The molecule has 0 fully saturated rings. The standard InChI is InChI=1S/C10H10FNO2S/c1-6(12)9-5-7-3-2-4-8(11)10(7)15(9,13)14/h2-6H,12H2,1H3. The lowest BCUT2D eigenvalue weighted by atomic mass is 10.2. The van der Waals surface area contributed by atoms with Crippen LogP contribution in [0.3, 0.4) is 0 Å². The van der Waals surface area contributed by atoms with E-state index in [4.69, 9.17) is 5.73 Å². The summed E-state index contributed by atoms with van der Waals surface area (Å²) in [6.45, 7) is 1.56. The molecule has 15 heavy (non-hydrogen) atoms. The van der Waals surface area contributed by atoms with E-state index in [9.17, 15) is 12.8 Å². The maximum absolute atomic E-state index is 13.4. The summed E-state index contributed by atoms with van der Waals surface area (Å²) >= 11 is 0. The number of nitrogens with two attached hydrogens (primary N) is 1. The predicted octanol–water partition coefficient (Wildman–Crippen LogP) is 1.30. The largest absolute Gasteiger partial charge is 0.324 e. The Labute approximate surface area is 87.3 Å². The molecule has 1 unspecified atom stereocenters. The van der Waals surface area contributed by atoms with Crippen molar-refractivity contribution in [1.82, 2.24) is 0 Å². The van der Waals surface area contributed by atoms with Crippen LogP contribution in [0.4, 0.5) is 4.39 Å². The van der Waals surface area contributed by atoms with E-state index in [0.29, 0.717) is 5.56 Å². The van der Waals surface area contributed by atoms with Gasteiger partial charge in [-0.3, -0.25) is 0 Å². The monoisotopic (exact) mass is 227 g/mol. The molecule has 3 nitrogen and oxygen atoms in total. The first-order valence-electron chi connectivity index (χ1n) is 4.45. The molecule has 0 saturated carbocycles. The Morgan fingerprint density at radius 2 is 2.07 bits per heavy atom. The molecule has 1 heterocycles. The van der Waals surface area contributed by atoms with Gasteiger partial charge in [0.25, 0.3) is 0 Å². The molecular weight excluding hydrogens is 217 g/mol. The highest BCUT2D eigenvalue weighted by molar-refractivity contribution is 7.96. The lowest BCUT2D eigenvalue weighted by Crippen LogP contribution is -2.22. The van der Waals surface area contributed by atoms with Crippen LogP contribution < -0.4 is 5.73 Å². The molecule has 0 aliphatic carbocycles. The second kappa shape index (κ2) is 3.15. The van der Waals surface area contributed by atoms with Crippen LogP contribution in [0.1, 0.15) is 12.5 Å². The van der Waals surface area contributed by atoms with E-state index in [1.165, 1.54) is 12.1 Å². The summed E-state index contributed by atoms with van der Waals surface area (Å²) in [4.78, 5) is -0.181. The van der Waals surface area contributed by atoms with Gasteiger partial charge in [-0.1, -0.05) is 12.1 Å². The molecular formula is C10H10FNO2S. The Morgan fingerprint density at radius 1 is 1.40 bits per heavy atom. The zero-order valence-corrected chi connectivity index (χ0v) is 8.88. The van der Waals surface area contributed by atoms with Crippen molar-refractivity contribution in [3.63, 3.8) is 0 Å². The first-order chi connectivity index (χ1) is 6.94. The molecule has 0 saturated heterocycles.